The summed E-state index contributed by atoms with van der Waals surface area (Å²) in [6, 6.07) is 9.42. The van der Waals surface area contributed by atoms with E-state index >= 15 is 0 Å². The van der Waals surface area contributed by atoms with Crippen LogP contribution in [0.1, 0.15) is 59.2 Å². The molecule has 3 N–H and O–H groups in total. The Balaban J connectivity index is 1.59. The number of primary amides is 1. The van der Waals surface area contributed by atoms with Gasteiger partial charge in [-0.2, -0.15) is 5.26 Å². The molecule has 0 radical (unpaired) electrons. The van der Waals surface area contributed by atoms with E-state index in [1.807, 2.05) is 24.0 Å². The molecule has 0 unspecified atom stereocenters. The maximum absolute atomic E-state index is 12.6. The summed E-state index contributed by atoms with van der Waals surface area (Å²) in [6.45, 7) is 6.17. The number of pyridine rings is 2. The fourth-order valence-electron chi connectivity index (χ4n) is 4.62. The van der Waals surface area contributed by atoms with Crippen molar-refractivity contribution in [3.05, 3.63) is 58.7 Å². The first kappa shape index (κ1) is 25.1. The van der Waals surface area contributed by atoms with Crippen LogP contribution in [0.4, 0.5) is 4.79 Å². The van der Waals surface area contributed by atoms with E-state index in [1.54, 1.807) is 25.4 Å². The minimum atomic E-state index is -0.432. The predicted molar refractivity (Wildman–Crippen MR) is 129 cm³/mol. The molecule has 9 heteroatoms. The molecule has 0 spiro atoms. The second-order valence-corrected chi connectivity index (χ2v) is 8.78. The molecule has 1 fully saturated rings. The zero-order chi connectivity index (χ0) is 24.7. The molecule has 0 bridgehead atoms. The molecule has 3 amide bonds. The van der Waals surface area contributed by atoms with Gasteiger partial charge in [-0.3, -0.25) is 9.78 Å². The number of aryl methyl sites for hydroxylation is 2. The van der Waals surface area contributed by atoms with E-state index in [4.69, 9.17) is 11.0 Å². The second kappa shape index (κ2) is 11.6. The first-order valence-electron chi connectivity index (χ1n) is 11.7. The second-order valence-electron chi connectivity index (χ2n) is 8.78. The monoisotopic (exact) mass is 463 g/mol. The number of hydrogen-bond donors (Lipinski definition) is 2. The van der Waals surface area contributed by atoms with Gasteiger partial charge >= 0.3 is 6.03 Å². The maximum Gasteiger partial charge on any atom is 0.317 e. The summed E-state index contributed by atoms with van der Waals surface area (Å²) in [5, 5.41) is 11.9. The molecular weight excluding hydrogens is 430 g/mol. The zero-order valence-corrected chi connectivity index (χ0v) is 20.1. The lowest BCUT2D eigenvalue weighted by atomic mass is 9.98. The minimum absolute atomic E-state index is 0.0934. The molecule has 1 aliphatic rings. The van der Waals surface area contributed by atoms with Crippen molar-refractivity contribution < 1.29 is 9.59 Å². The van der Waals surface area contributed by atoms with Gasteiger partial charge in [0.05, 0.1) is 23.5 Å². The van der Waals surface area contributed by atoms with E-state index in [9.17, 15) is 9.59 Å². The highest BCUT2D eigenvalue weighted by Gasteiger charge is 2.29. The van der Waals surface area contributed by atoms with E-state index in [-0.39, 0.29) is 12.1 Å². The largest absolute Gasteiger partial charge is 0.366 e. The highest BCUT2D eigenvalue weighted by Crippen LogP contribution is 2.22. The van der Waals surface area contributed by atoms with Crippen LogP contribution in [-0.2, 0) is 13.0 Å². The van der Waals surface area contributed by atoms with Gasteiger partial charge in [-0.25, -0.2) is 9.78 Å². The molecule has 0 aromatic carbocycles. The molecule has 0 saturated carbocycles. The van der Waals surface area contributed by atoms with Crippen LogP contribution in [0.15, 0.2) is 30.5 Å². The molecule has 9 nitrogen and oxygen atoms in total. The number of nitrogens with zero attached hydrogens (tertiary/aromatic N) is 5. The van der Waals surface area contributed by atoms with Crippen LogP contribution in [0.5, 0.6) is 0 Å². The molecule has 34 heavy (non-hydrogen) atoms. The summed E-state index contributed by atoms with van der Waals surface area (Å²) in [6.07, 6.45) is 4.98. The van der Waals surface area contributed by atoms with Crippen LogP contribution >= 0.6 is 0 Å². The van der Waals surface area contributed by atoms with Gasteiger partial charge in [-0.15, -0.1) is 0 Å². The normalized spacial score (nSPS) is 15.4. The Morgan fingerprint density at radius 3 is 2.71 bits per heavy atom. The molecule has 1 aliphatic heterocycles. The number of likely N-dealkylation sites (tertiary alicyclic amines) is 1. The lowest BCUT2D eigenvalue weighted by Gasteiger charge is -2.40. The van der Waals surface area contributed by atoms with Gasteiger partial charge < -0.3 is 20.9 Å². The maximum atomic E-state index is 12.6. The number of piperidine rings is 1. The number of aromatic nitrogens is 2. The number of nitrogens with two attached hydrogens (primary N) is 1. The van der Waals surface area contributed by atoms with Crippen LogP contribution in [0.2, 0.25) is 0 Å². The molecule has 2 aromatic rings. The predicted octanol–water partition coefficient (Wildman–Crippen LogP) is 2.38. The molecule has 1 atom stereocenters. The van der Waals surface area contributed by atoms with Gasteiger partial charge in [0, 0.05) is 38.4 Å². The smallest absolute Gasteiger partial charge is 0.317 e. The van der Waals surface area contributed by atoms with Gasteiger partial charge in [-0.05, 0) is 63.3 Å². The Labute approximate surface area is 201 Å². The Kier molecular flexibility index (Phi) is 8.55. The van der Waals surface area contributed by atoms with Crippen molar-refractivity contribution in [1.82, 2.24) is 25.1 Å². The van der Waals surface area contributed by atoms with E-state index in [0.717, 1.165) is 43.6 Å². The Morgan fingerprint density at radius 2 is 2.06 bits per heavy atom. The average Bonchev–Trinajstić information content (AvgIpc) is 2.85. The lowest BCUT2D eigenvalue weighted by molar-refractivity contribution is 0.0944. The molecule has 0 aliphatic carbocycles. The van der Waals surface area contributed by atoms with Crippen molar-refractivity contribution in [2.75, 3.05) is 20.1 Å². The van der Waals surface area contributed by atoms with Gasteiger partial charge in [0.2, 0.25) is 0 Å². The topological polar surface area (TPSA) is 128 Å². The zero-order valence-electron chi connectivity index (χ0n) is 20.1. The van der Waals surface area contributed by atoms with Crippen LogP contribution < -0.4 is 11.1 Å². The third-order valence-corrected chi connectivity index (χ3v) is 6.57. The standard InChI is InChI=1S/C25H33N7O2/c1-17-9-12-29-22(23(17)24(27)33)8-7-18(2)31-13-10-21(11-14-31)32(25(34)28-3)16-20-6-4-5-19(15-26)30-20/h4-6,9,12,18,21H,7-8,10-11,13-14,16H2,1-3H3,(H2,27,33)(H,28,34)/t18-/m1/s1. The van der Waals surface area contributed by atoms with E-state index in [2.05, 4.69) is 33.2 Å². The van der Waals surface area contributed by atoms with Crippen LogP contribution in [0.3, 0.4) is 0 Å². The summed E-state index contributed by atoms with van der Waals surface area (Å²) in [5.41, 5.74) is 8.76. The molecule has 180 valence electrons. The summed E-state index contributed by atoms with van der Waals surface area (Å²) in [4.78, 5) is 37.4. The Hall–Kier alpha value is -3.51. The number of amides is 3. The average molecular weight is 464 g/mol. The van der Waals surface area contributed by atoms with Crippen molar-refractivity contribution in [3.63, 3.8) is 0 Å². The lowest BCUT2D eigenvalue weighted by Crippen LogP contribution is -2.51. The minimum Gasteiger partial charge on any atom is -0.366 e. The van der Waals surface area contributed by atoms with Gasteiger partial charge in [-0.1, -0.05) is 6.07 Å². The summed E-state index contributed by atoms with van der Waals surface area (Å²) in [7, 11) is 1.63. The fraction of sp³-hybridized carbons (Fsp3) is 0.480. The number of nitriles is 1. The summed E-state index contributed by atoms with van der Waals surface area (Å²) in [5.74, 6) is -0.432. The van der Waals surface area contributed by atoms with Crippen molar-refractivity contribution >= 4 is 11.9 Å². The number of nitrogens with one attached hydrogen (secondary N) is 1. The summed E-state index contributed by atoms with van der Waals surface area (Å²) < 4.78 is 0. The van der Waals surface area contributed by atoms with E-state index in [1.165, 1.54) is 0 Å². The highest BCUT2D eigenvalue weighted by molar-refractivity contribution is 5.95. The van der Waals surface area contributed by atoms with Crippen LogP contribution in [0.25, 0.3) is 0 Å². The summed E-state index contributed by atoms with van der Waals surface area (Å²) >= 11 is 0. The molecule has 3 rings (SSSR count). The van der Waals surface area contributed by atoms with E-state index in [0.29, 0.717) is 36.0 Å². The fourth-order valence-corrected chi connectivity index (χ4v) is 4.62. The molecule has 1 saturated heterocycles. The first-order valence-corrected chi connectivity index (χ1v) is 11.7. The Bertz CT molecular complexity index is 1060. The SMILES string of the molecule is CNC(=O)N(Cc1cccc(C#N)n1)C1CCN([C@H](C)CCc2nccc(C)c2C(N)=O)CC1. The van der Waals surface area contributed by atoms with Crippen molar-refractivity contribution in [1.29, 1.82) is 5.26 Å². The Morgan fingerprint density at radius 1 is 1.32 bits per heavy atom. The number of carbonyl (C=O) groups is 2. The number of rotatable bonds is 8. The number of carbonyl (C=O) groups excluding carboxylic acids is 2. The number of hydrogen-bond acceptors (Lipinski definition) is 6. The first-order chi connectivity index (χ1) is 16.3. The van der Waals surface area contributed by atoms with Gasteiger partial charge in [0.15, 0.2) is 0 Å². The molecule has 2 aromatic heterocycles. The molecule has 3 heterocycles. The van der Waals surface area contributed by atoms with Gasteiger partial charge in [0.1, 0.15) is 11.8 Å². The quantitative estimate of drug-likeness (QED) is 0.619. The number of urea groups is 1. The van der Waals surface area contributed by atoms with Crippen molar-refractivity contribution in [2.24, 2.45) is 5.73 Å². The van der Waals surface area contributed by atoms with E-state index < -0.39 is 5.91 Å². The van der Waals surface area contributed by atoms with Crippen LogP contribution in [0, 0.1) is 18.3 Å². The molecular formula is C25H33N7O2. The third-order valence-electron chi connectivity index (χ3n) is 6.57. The van der Waals surface area contributed by atoms with Crippen molar-refractivity contribution in [3.8, 4) is 6.07 Å². The van der Waals surface area contributed by atoms with Crippen LogP contribution in [-0.4, -0.2) is 63.9 Å². The van der Waals surface area contributed by atoms with Gasteiger partial charge in [0.25, 0.3) is 5.91 Å². The third kappa shape index (κ3) is 6.08. The van der Waals surface area contributed by atoms with Crippen molar-refractivity contribution in [2.45, 2.75) is 58.2 Å². The highest BCUT2D eigenvalue weighted by atomic mass is 16.2.